The Morgan fingerprint density at radius 3 is 2.41 bits per heavy atom. The van der Waals surface area contributed by atoms with E-state index < -0.39 is 9.84 Å². The van der Waals surface area contributed by atoms with Crippen LogP contribution in [0.25, 0.3) is 0 Å². The number of anilines is 1. The van der Waals surface area contributed by atoms with Gasteiger partial charge in [0.2, 0.25) is 5.91 Å². The summed E-state index contributed by atoms with van der Waals surface area (Å²) in [6.07, 6.45) is 5.72. The van der Waals surface area contributed by atoms with Crippen molar-refractivity contribution >= 4 is 21.4 Å². The highest BCUT2D eigenvalue weighted by Crippen LogP contribution is 2.18. The van der Waals surface area contributed by atoms with Crippen molar-refractivity contribution in [1.82, 2.24) is 4.90 Å². The molecule has 1 heterocycles. The molecule has 1 N–H and O–H groups in total. The second-order valence-corrected chi connectivity index (χ2v) is 8.02. The summed E-state index contributed by atoms with van der Waals surface area (Å²) in [4.78, 5) is 14.2. The van der Waals surface area contributed by atoms with Crippen LogP contribution >= 0.6 is 0 Å². The Labute approximate surface area is 132 Å². The van der Waals surface area contributed by atoms with Gasteiger partial charge in [-0.1, -0.05) is 31.0 Å². The van der Waals surface area contributed by atoms with Gasteiger partial charge in [0.15, 0.2) is 9.84 Å². The lowest BCUT2D eigenvalue weighted by molar-refractivity contribution is -0.129. The Morgan fingerprint density at radius 1 is 1.14 bits per heavy atom. The molecule has 5 nitrogen and oxygen atoms in total. The fourth-order valence-corrected chi connectivity index (χ4v) is 3.52. The van der Waals surface area contributed by atoms with Crippen LogP contribution in [-0.2, 0) is 20.4 Å². The number of amides is 1. The van der Waals surface area contributed by atoms with Gasteiger partial charge in [0, 0.05) is 25.0 Å². The third-order valence-electron chi connectivity index (χ3n) is 3.82. The molecule has 0 atom stereocenters. The Hall–Kier alpha value is -1.56. The second-order valence-electron chi connectivity index (χ2n) is 5.88. The molecule has 1 saturated heterocycles. The lowest BCUT2D eigenvalue weighted by Gasteiger charge is -2.21. The van der Waals surface area contributed by atoms with E-state index in [-0.39, 0.29) is 18.2 Å². The van der Waals surface area contributed by atoms with Crippen molar-refractivity contribution in [2.24, 2.45) is 0 Å². The first-order valence-electron chi connectivity index (χ1n) is 7.73. The molecule has 2 rings (SSSR count). The zero-order valence-electron chi connectivity index (χ0n) is 13.0. The molecule has 0 saturated carbocycles. The Kier molecular flexibility index (Phi) is 5.83. The van der Waals surface area contributed by atoms with Crippen LogP contribution in [0.1, 0.15) is 31.2 Å². The summed E-state index contributed by atoms with van der Waals surface area (Å²) in [7, 11) is -3.10. The highest BCUT2D eigenvalue weighted by Gasteiger charge is 2.16. The number of benzene rings is 1. The normalized spacial score (nSPS) is 16.1. The first kappa shape index (κ1) is 16.8. The standard InChI is InChI=1S/C16H24N2O3S/c1-22(20,21)13-14-8-4-5-9-15(14)17-12-16(19)18-10-6-2-3-7-11-18/h4-5,8-9,17H,2-3,6-7,10-13H2,1H3. The van der Waals surface area contributed by atoms with E-state index in [1.807, 2.05) is 23.1 Å². The van der Waals surface area contributed by atoms with E-state index in [1.165, 1.54) is 19.1 Å². The Morgan fingerprint density at radius 2 is 1.77 bits per heavy atom. The van der Waals surface area contributed by atoms with Crippen LogP contribution in [0.4, 0.5) is 5.69 Å². The minimum Gasteiger partial charge on any atom is -0.376 e. The topological polar surface area (TPSA) is 66.5 Å². The maximum atomic E-state index is 12.3. The van der Waals surface area contributed by atoms with Crippen molar-refractivity contribution < 1.29 is 13.2 Å². The van der Waals surface area contributed by atoms with Crippen molar-refractivity contribution in [1.29, 1.82) is 0 Å². The van der Waals surface area contributed by atoms with E-state index in [2.05, 4.69) is 5.32 Å². The maximum absolute atomic E-state index is 12.3. The van der Waals surface area contributed by atoms with E-state index in [4.69, 9.17) is 0 Å². The number of para-hydroxylation sites is 1. The van der Waals surface area contributed by atoms with Gasteiger partial charge in [-0.3, -0.25) is 4.79 Å². The smallest absolute Gasteiger partial charge is 0.241 e. The van der Waals surface area contributed by atoms with E-state index >= 15 is 0 Å². The molecule has 1 aliphatic heterocycles. The summed E-state index contributed by atoms with van der Waals surface area (Å²) < 4.78 is 22.9. The summed E-state index contributed by atoms with van der Waals surface area (Å²) in [5.74, 6) is 0.0599. The zero-order chi connectivity index (χ0) is 16.0. The van der Waals surface area contributed by atoms with Crippen LogP contribution in [-0.4, -0.2) is 45.1 Å². The maximum Gasteiger partial charge on any atom is 0.241 e. The van der Waals surface area contributed by atoms with Gasteiger partial charge < -0.3 is 10.2 Å². The van der Waals surface area contributed by atoms with Gasteiger partial charge in [0.1, 0.15) is 0 Å². The van der Waals surface area contributed by atoms with E-state index in [0.29, 0.717) is 5.56 Å². The summed E-state index contributed by atoms with van der Waals surface area (Å²) in [6, 6.07) is 7.24. The minimum absolute atomic E-state index is 0.0198. The lowest BCUT2D eigenvalue weighted by Crippen LogP contribution is -2.36. The number of hydrogen-bond acceptors (Lipinski definition) is 4. The first-order valence-corrected chi connectivity index (χ1v) is 9.79. The van der Waals surface area contributed by atoms with Gasteiger partial charge in [-0.25, -0.2) is 8.42 Å². The molecule has 1 fully saturated rings. The van der Waals surface area contributed by atoms with Crippen molar-refractivity contribution in [3.05, 3.63) is 29.8 Å². The molecule has 1 aliphatic rings. The number of hydrogen-bond donors (Lipinski definition) is 1. The van der Waals surface area contributed by atoms with E-state index in [9.17, 15) is 13.2 Å². The predicted molar refractivity (Wildman–Crippen MR) is 88.5 cm³/mol. The lowest BCUT2D eigenvalue weighted by atomic mass is 10.2. The number of rotatable bonds is 5. The second kappa shape index (κ2) is 7.63. The average Bonchev–Trinajstić information content (AvgIpc) is 2.73. The summed E-state index contributed by atoms with van der Waals surface area (Å²) in [6.45, 7) is 1.86. The molecule has 0 aromatic heterocycles. The monoisotopic (exact) mass is 324 g/mol. The summed E-state index contributed by atoms with van der Waals surface area (Å²) in [5, 5.41) is 3.10. The average molecular weight is 324 g/mol. The molecule has 0 aliphatic carbocycles. The SMILES string of the molecule is CS(=O)(=O)Cc1ccccc1NCC(=O)N1CCCCCC1. The number of carbonyl (C=O) groups is 1. The predicted octanol–water partition coefficient (Wildman–Crippen LogP) is 2.05. The van der Waals surface area contributed by atoms with Crippen LogP contribution in [0.2, 0.25) is 0 Å². The number of nitrogens with one attached hydrogen (secondary N) is 1. The van der Waals surface area contributed by atoms with Crippen molar-refractivity contribution in [2.45, 2.75) is 31.4 Å². The Bertz CT molecular complexity index is 606. The number of likely N-dealkylation sites (tertiary alicyclic amines) is 1. The van der Waals surface area contributed by atoms with Crippen molar-refractivity contribution in [2.75, 3.05) is 31.2 Å². The van der Waals surface area contributed by atoms with Crippen LogP contribution in [0.15, 0.2) is 24.3 Å². The highest BCUT2D eigenvalue weighted by atomic mass is 32.2. The van der Waals surface area contributed by atoms with Crippen LogP contribution in [0.5, 0.6) is 0 Å². The van der Waals surface area contributed by atoms with Crippen LogP contribution in [0, 0.1) is 0 Å². The van der Waals surface area contributed by atoms with E-state index in [0.717, 1.165) is 31.6 Å². The minimum atomic E-state index is -3.10. The molecular formula is C16H24N2O3S. The van der Waals surface area contributed by atoms with E-state index in [1.54, 1.807) is 6.07 Å². The quantitative estimate of drug-likeness (QED) is 0.900. The molecule has 6 heteroatoms. The highest BCUT2D eigenvalue weighted by molar-refractivity contribution is 7.89. The van der Waals surface area contributed by atoms with Crippen molar-refractivity contribution in [3.63, 3.8) is 0 Å². The molecule has 1 amide bonds. The first-order chi connectivity index (χ1) is 10.5. The fourth-order valence-electron chi connectivity index (χ4n) is 2.70. The number of carbonyl (C=O) groups excluding carboxylic acids is 1. The molecular weight excluding hydrogens is 300 g/mol. The van der Waals surface area contributed by atoms with Gasteiger partial charge in [-0.15, -0.1) is 0 Å². The molecule has 22 heavy (non-hydrogen) atoms. The largest absolute Gasteiger partial charge is 0.376 e. The zero-order valence-corrected chi connectivity index (χ0v) is 13.9. The number of nitrogens with zero attached hydrogens (tertiary/aromatic N) is 1. The van der Waals surface area contributed by atoms with Gasteiger partial charge in [0.05, 0.1) is 12.3 Å². The van der Waals surface area contributed by atoms with Gasteiger partial charge in [-0.05, 0) is 24.5 Å². The van der Waals surface area contributed by atoms with Crippen LogP contribution in [0.3, 0.4) is 0 Å². The van der Waals surface area contributed by atoms with Gasteiger partial charge in [0.25, 0.3) is 0 Å². The molecule has 0 bridgehead atoms. The molecule has 0 radical (unpaired) electrons. The van der Waals surface area contributed by atoms with Gasteiger partial charge >= 0.3 is 0 Å². The molecule has 1 aromatic rings. The third kappa shape index (κ3) is 5.33. The summed E-state index contributed by atoms with van der Waals surface area (Å²) in [5.41, 5.74) is 1.42. The van der Waals surface area contributed by atoms with Crippen LogP contribution < -0.4 is 5.32 Å². The number of sulfone groups is 1. The third-order valence-corrected chi connectivity index (χ3v) is 4.66. The van der Waals surface area contributed by atoms with Crippen molar-refractivity contribution in [3.8, 4) is 0 Å². The molecule has 122 valence electrons. The molecule has 1 aromatic carbocycles. The fraction of sp³-hybridized carbons (Fsp3) is 0.562. The molecule has 0 unspecified atom stereocenters. The molecule has 0 spiro atoms. The van der Waals surface area contributed by atoms with Gasteiger partial charge in [-0.2, -0.15) is 0 Å². The Balaban J connectivity index is 1.97. The summed E-state index contributed by atoms with van der Waals surface area (Å²) >= 11 is 0.